The van der Waals surface area contributed by atoms with Gasteiger partial charge in [-0.3, -0.25) is 0 Å². The van der Waals surface area contributed by atoms with Crippen LogP contribution in [0.15, 0.2) is 30.3 Å². The molecule has 0 saturated carbocycles. The van der Waals surface area contributed by atoms with E-state index in [0.29, 0.717) is 48.0 Å². The Labute approximate surface area is 167 Å². The molecule has 2 rings (SSSR count). The minimum absolute atomic E-state index is 0.0586. The highest BCUT2D eigenvalue weighted by Crippen LogP contribution is 2.43. The second-order valence-electron chi connectivity index (χ2n) is 9.13. The Morgan fingerprint density at radius 2 is 1.44 bits per heavy atom. The third-order valence-corrected chi connectivity index (χ3v) is 12.5. The van der Waals surface area contributed by atoms with Gasteiger partial charge in [0, 0.05) is 5.92 Å². The average Bonchev–Trinajstić information content (AvgIpc) is 3.34. The second-order valence-corrected chi connectivity index (χ2v) is 14.6. The fraction of sp³-hybridized carbons (Fsp3) is 0.739. The Morgan fingerprint density at radius 1 is 0.926 bits per heavy atom. The van der Waals surface area contributed by atoms with E-state index in [2.05, 4.69) is 79.7 Å². The Bertz CT molecular complexity index is 536. The molecule has 0 N–H and O–H groups in total. The normalized spacial score (nSPS) is 22.5. The van der Waals surface area contributed by atoms with Gasteiger partial charge >= 0.3 is 0 Å². The summed E-state index contributed by atoms with van der Waals surface area (Å²) in [6.45, 7) is 19.7. The SMILES string of the molecule is CC(C)[Si](OC[C@@H](OCc1ccccc1)[C@@H](C)[C@H]1O[C@H]1C)(C(C)C)C(C)C. The fourth-order valence-corrected chi connectivity index (χ4v) is 10.3. The van der Waals surface area contributed by atoms with Gasteiger partial charge in [0.15, 0.2) is 8.32 Å². The highest BCUT2D eigenvalue weighted by atomic mass is 28.4. The van der Waals surface area contributed by atoms with Crippen LogP contribution in [-0.4, -0.2) is 33.2 Å². The molecule has 3 nitrogen and oxygen atoms in total. The van der Waals surface area contributed by atoms with Crippen LogP contribution in [0, 0.1) is 5.92 Å². The zero-order chi connectivity index (χ0) is 20.2. The van der Waals surface area contributed by atoms with Crippen LogP contribution in [0.2, 0.25) is 16.6 Å². The summed E-state index contributed by atoms with van der Waals surface area (Å²) in [6, 6.07) is 10.4. The number of rotatable bonds is 11. The molecule has 1 aromatic carbocycles. The number of benzene rings is 1. The first-order chi connectivity index (χ1) is 12.7. The highest BCUT2D eigenvalue weighted by molar-refractivity contribution is 6.77. The first-order valence-electron chi connectivity index (χ1n) is 10.6. The molecule has 1 aliphatic rings. The summed E-state index contributed by atoms with van der Waals surface area (Å²) in [6.07, 6.45) is 0.691. The van der Waals surface area contributed by atoms with Crippen LogP contribution < -0.4 is 0 Å². The van der Waals surface area contributed by atoms with E-state index < -0.39 is 8.32 Å². The van der Waals surface area contributed by atoms with E-state index in [1.807, 2.05) is 6.07 Å². The zero-order valence-electron chi connectivity index (χ0n) is 18.6. The molecule has 1 aromatic rings. The van der Waals surface area contributed by atoms with E-state index in [1.54, 1.807) is 0 Å². The van der Waals surface area contributed by atoms with Gasteiger partial charge in [-0.2, -0.15) is 0 Å². The van der Waals surface area contributed by atoms with Crippen LogP contribution in [0.3, 0.4) is 0 Å². The second kappa shape index (κ2) is 9.68. The molecule has 0 aliphatic carbocycles. The lowest BCUT2D eigenvalue weighted by Gasteiger charge is -2.43. The molecule has 1 heterocycles. The van der Waals surface area contributed by atoms with Gasteiger partial charge in [-0.05, 0) is 29.1 Å². The van der Waals surface area contributed by atoms with Crippen molar-refractivity contribution >= 4 is 8.32 Å². The molecule has 0 radical (unpaired) electrons. The molecule has 0 unspecified atom stereocenters. The molecule has 154 valence electrons. The predicted molar refractivity (Wildman–Crippen MR) is 116 cm³/mol. The Balaban J connectivity index is 2.10. The largest absolute Gasteiger partial charge is 0.413 e. The summed E-state index contributed by atoms with van der Waals surface area (Å²) in [5, 5.41) is 0. The van der Waals surface area contributed by atoms with Gasteiger partial charge in [0.2, 0.25) is 0 Å². The van der Waals surface area contributed by atoms with E-state index in [-0.39, 0.29) is 6.10 Å². The van der Waals surface area contributed by atoms with Gasteiger partial charge in [0.1, 0.15) is 0 Å². The van der Waals surface area contributed by atoms with E-state index in [0.717, 1.165) is 0 Å². The molecule has 1 fully saturated rings. The van der Waals surface area contributed by atoms with Crippen molar-refractivity contribution in [2.45, 2.75) is 96.9 Å². The zero-order valence-corrected chi connectivity index (χ0v) is 19.6. The van der Waals surface area contributed by atoms with Gasteiger partial charge in [-0.15, -0.1) is 0 Å². The minimum Gasteiger partial charge on any atom is -0.413 e. The number of hydrogen-bond donors (Lipinski definition) is 0. The molecule has 4 atom stereocenters. The third-order valence-electron chi connectivity index (χ3n) is 6.37. The summed E-state index contributed by atoms with van der Waals surface area (Å²) in [5.41, 5.74) is 2.95. The molecule has 4 heteroatoms. The molecule has 1 aliphatic heterocycles. The van der Waals surface area contributed by atoms with Gasteiger partial charge in [-0.1, -0.05) is 78.8 Å². The van der Waals surface area contributed by atoms with Gasteiger partial charge in [0.05, 0.1) is 31.5 Å². The lowest BCUT2D eigenvalue weighted by molar-refractivity contribution is -0.0321. The number of hydrogen-bond acceptors (Lipinski definition) is 3. The molecular weight excluding hydrogens is 352 g/mol. The van der Waals surface area contributed by atoms with E-state index >= 15 is 0 Å². The number of epoxide rings is 1. The summed E-state index contributed by atoms with van der Waals surface area (Å²) >= 11 is 0. The van der Waals surface area contributed by atoms with Crippen LogP contribution in [0.25, 0.3) is 0 Å². The Kier molecular flexibility index (Phi) is 8.11. The Morgan fingerprint density at radius 3 is 1.89 bits per heavy atom. The minimum atomic E-state index is -1.90. The van der Waals surface area contributed by atoms with Crippen molar-refractivity contribution in [1.29, 1.82) is 0 Å². The number of ether oxygens (including phenoxy) is 2. The van der Waals surface area contributed by atoms with Gasteiger partial charge < -0.3 is 13.9 Å². The standard InChI is InChI=1S/C23H40O3Si/c1-16(2)27(17(3)4,18(5)6)25-15-22(19(7)23-20(8)26-23)24-14-21-12-10-9-11-13-21/h9-13,16-20,22-23H,14-15H2,1-8H3/t19-,20+,22-,23-/m1/s1. The van der Waals surface area contributed by atoms with Crippen molar-refractivity contribution < 1.29 is 13.9 Å². The maximum Gasteiger partial charge on any atom is 0.200 e. The topological polar surface area (TPSA) is 31.0 Å². The maximum atomic E-state index is 6.86. The van der Waals surface area contributed by atoms with Crippen molar-refractivity contribution in [1.82, 2.24) is 0 Å². The summed E-state index contributed by atoms with van der Waals surface area (Å²) in [5.74, 6) is 0.335. The monoisotopic (exact) mass is 392 g/mol. The lowest BCUT2D eigenvalue weighted by atomic mass is 9.99. The average molecular weight is 393 g/mol. The van der Waals surface area contributed by atoms with Crippen molar-refractivity contribution in [3.05, 3.63) is 35.9 Å². The van der Waals surface area contributed by atoms with Crippen molar-refractivity contribution in [2.24, 2.45) is 5.92 Å². The highest BCUT2D eigenvalue weighted by Gasteiger charge is 2.47. The van der Waals surface area contributed by atoms with Crippen molar-refractivity contribution in [3.63, 3.8) is 0 Å². The quantitative estimate of drug-likeness (QED) is 0.332. The first-order valence-corrected chi connectivity index (χ1v) is 12.8. The smallest absolute Gasteiger partial charge is 0.200 e. The van der Waals surface area contributed by atoms with Crippen LogP contribution in [0.1, 0.15) is 61.0 Å². The summed E-state index contributed by atoms with van der Waals surface area (Å²) in [7, 11) is -1.90. The maximum absolute atomic E-state index is 6.86. The van der Waals surface area contributed by atoms with Gasteiger partial charge in [0.25, 0.3) is 0 Å². The molecule has 0 spiro atoms. The molecule has 1 saturated heterocycles. The van der Waals surface area contributed by atoms with Crippen molar-refractivity contribution in [3.8, 4) is 0 Å². The molecule has 27 heavy (non-hydrogen) atoms. The van der Waals surface area contributed by atoms with E-state index in [1.165, 1.54) is 5.56 Å². The van der Waals surface area contributed by atoms with E-state index in [9.17, 15) is 0 Å². The lowest BCUT2D eigenvalue weighted by Crippen LogP contribution is -2.50. The molecule has 0 amide bonds. The summed E-state index contributed by atoms with van der Waals surface area (Å²) in [4.78, 5) is 0. The summed E-state index contributed by atoms with van der Waals surface area (Å²) < 4.78 is 19.0. The van der Waals surface area contributed by atoms with Crippen LogP contribution in [0.5, 0.6) is 0 Å². The van der Waals surface area contributed by atoms with Gasteiger partial charge in [-0.25, -0.2) is 0 Å². The Hall–Kier alpha value is -0.683. The predicted octanol–water partition coefficient (Wildman–Crippen LogP) is 6.19. The van der Waals surface area contributed by atoms with E-state index in [4.69, 9.17) is 13.9 Å². The first kappa shape index (κ1) is 22.6. The fourth-order valence-electron chi connectivity index (χ4n) is 4.82. The molecular formula is C23H40O3Si. The molecule has 0 aromatic heterocycles. The van der Waals surface area contributed by atoms with Crippen LogP contribution in [0.4, 0.5) is 0 Å². The van der Waals surface area contributed by atoms with Crippen LogP contribution in [-0.2, 0) is 20.5 Å². The molecule has 0 bridgehead atoms. The van der Waals surface area contributed by atoms with Crippen LogP contribution >= 0.6 is 0 Å². The van der Waals surface area contributed by atoms with Crippen molar-refractivity contribution in [2.75, 3.05) is 6.61 Å². The third kappa shape index (κ3) is 5.44.